The number of rotatable bonds is 6. The van der Waals surface area contributed by atoms with Crippen molar-refractivity contribution in [1.82, 2.24) is 14.7 Å². The van der Waals surface area contributed by atoms with Crippen LogP contribution >= 0.6 is 0 Å². The maximum atomic E-state index is 12.9. The van der Waals surface area contributed by atoms with Gasteiger partial charge in [-0.05, 0) is 30.2 Å². The predicted octanol–water partition coefficient (Wildman–Crippen LogP) is 3.33. The highest BCUT2D eigenvalue weighted by atomic mass is 16.2. The Morgan fingerprint density at radius 3 is 2.69 bits per heavy atom. The van der Waals surface area contributed by atoms with E-state index in [1.54, 1.807) is 35.2 Å². The smallest absolute Gasteiger partial charge is 0.253 e. The van der Waals surface area contributed by atoms with E-state index in [1.165, 1.54) is 5.56 Å². The first-order valence-corrected chi connectivity index (χ1v) is 9.81. The molecule has 1 aliphatic heterocycles. The van der Waals surface area contributed by atoms with Gasteiger partial charge in [0, 0.05) is 49.6 Å². The van der Waals surface area contributed by atoms with Gasteiger partial charge >= 0.3 is 0 Å². The Bertz CT molecular complexity index is 1010. The van der Waals surface area contributed by atoms with Crippen LogP contribution in [0.1, 0.15) is 34.3 Å². The fraction of sp³-hybridized carbons (Fsp3) is 0.261. The third-order valence-corrected chi connectivity index (χ3v) is 5.12. The highest BCUT2D eigenvalue weighted by Crippen LogP contribution is 2.23. The first kappa shape index (κ1) is 18.9. The maximum absolute atomic E-state index is 12.9. The largest absolute Gasteiger partial charge is 0.337 e. The summed E-state index contributed by atoms with van der Waals surface area (Å²) in [4.78, 5) is 28.3. The van der Waals surface area contributed by atoms with Gasteiger partial charge in [-0.15, -0.1) is 0 Å². The molecular formula is C23H24N4O2. The van der Waals surface area contributed by atoms with Crippen molar-refractivity contribution >= 4 is 17.5 Å². The maximum Gasteiger partial charge on any atom is 0.253 e. The Morgan fingerprint density at radius 2 is 1.93 bits per heavy atom. The van der Waals surface area contributed by atoms with Gasteiger partial charge in [0.1, 0.15) is 0 Å². The molecule has 0 aliphatic carbocycles. The topological polar surface area (TPSA) is 58.4 Å². The van der Waals surface area contributed by atoms with Crippen LogP contribution in [-0.4, -0.2) is 40.1 Å². The van der Waals surface area contributed by atoms with Crippen molar-refractivity contribution in [3.63, 3.8) is 0 Å². The van der Waals surface area contributed by atoms with Gasteiger partial charge in [0.25, 0.3) is 5.91 Å². The molecule has 0 bridgehead atoms. The van der Waals surface area contributed by atoms with Gasteiger partial charge in [0.15, 0.2) is 0 Å². The number of carbonyl (C=O) groups is 2. The monoisotopic (exact) mass is 388 g/mol. The molecule has 2 aromatic carbocycles. The molecule has 2 amide bonds. The molecular weight excluding hydrogens is 364 g/mol. The summed E-state index contributed by atoms with van der Waals surface area (Å²) in [7, 11) is 1.78. The summed E-state index contributed by atoms with van der Waals surface area (Å²) in [5.41, 5.74) is 3.53. The number of anilines is 1. The van der Waals surface area contributed by atoms with E-state index >= 15 is 0 Å². The molecule has 0 N–H and O–H groups in total. The summed E-state index contributed by atoms with van der Waals surface area (Å²) >= 11 is 0. The second-order valence-corrected chi connectivity index (χ2v) is 7.39. The molecule has 2 heterocycles. The second-order valence-electron chi connectivity index (χ2n) is 7.39. The van der Waals surface area contributed by atoms with Crippen molar-refractivity contribution in [3.05, 3.63) is 83.7 Å². The molecule has 1 aromatic heterocycles. The second kappa shape index (κ2) is 8.31. The molecule has 0 saturated carbocycles. The Kier molecular flexibility index (Phi) is 5.42. The summed E-state index contributed by atoms with van der Waals surface area (Å²) < 4.78 is 1.88. The number of hydrogen-bond acceptors (Lipinski definition) is 3. The van der Waals surface area contributed by atoms with Crippen molar-refractivity contribution in [3.8, 4) is 0 Å². The lowest BCUT2D eigenvalue weighted by Crippen LogP contribution is -2.27. The number of carbonyl (C=O) groups excluding carboxylic acids is 2. The number of amides is 2. The van der Waals surface area contributed by atoms with Crippen LogP contribution in [0.3, 0.4) is 0 Å². The van der Waals surface area contributed by atoms with Gasteiger partial charge in [0.05, 0.1) is 12.7 Å². The van der Waals surface area contributed by atoms with Gasteiger partial charge in [-0.25, -0.2) is 0 Å². The van der Waals surface area contributed by atoms with Crippen LogP contribution in [0, 0.1) is 0 Å². The van der Waals surface area contributed by atoms with Crippen molar-refractivity contribution in [2.75, 3.05) is 18.5 Å². The van der Waals surface area contributed by atoms with Crippen LogP contribution in [0.25, 0.3) is 0 Å². The minimum absolute atomic E-state index is 0.0747. The SMILES string of the molecule is CN(Cc1cnn(Cc2ccccc2)c1)C(=O)c1cccc(N2CCCC2=O)c1. The predicted molar refractivity (Wildman–Crippen MR) is 112 cm³/mol. The summed E-state index contributed by atoms with van der Waals surface area (Å²) in [5, 5.41) is 4.41. The fourth-order valence-corrected chi connectivity index (χ4v) is 3.64. The van der Waals surface area contributed by atoms with Crippen molar-refractivity contribution in [2.24, 2.45) is 0 Å². The van der Waals surface area contributed by atoms with Gasteiger partial charge in [-0.3, -0.25) is 14.3 Å². The zero-order valence-corrected chi connectivity index (χ0v) is 16.5. The van der Waals surface area contributed by atoms with Crippen LogP contribution in [0.5, 0.6) is 0 Å². The van der Waals surface area contributed by atoms with Crippen molar-refractivity contribution in [2.45, 2.75) is 25.9 Å². The Hall–Kier alpha value is -3.41. The molecule has 6 nitrogen and oxygen atoms in total. The van der Waals surface area contributed by atoms with Gasteiger partial charge in [0.2, 0.25) is 5.91 Å². The summed E-state index contributed by atoms with van der Waals surface area (Å²) in [6.07, 6.45) is 5.21. The molecule has 0 spiro atoms. The van der Waals surface area contributed by atoms with E-state index in [2.05, 4.69) is 17.2 Å². The van der Waals surface area contributed by atoms with E-state index in [9.17, 15) is 9.59 Å². The van der Waals surface area contributed by atoms with E-state index in [-0.39, 0.29) is 11.8 Å². The van der Waals surface area contributed by atoms with Crippen LogP contribution in [0.15, 0.2) is 67.0 Å². The lowest BCUT2D eigenvalue weighted by Gasteiger charge is -2.19. The molecule has 0 radical (unpaired) electrons. The summed E-state index contributed by atoms with van der Waals surface area (Å²) in [6, 6.07) is 17.5. The highest BCUT2D eigenvalue weighted by molar-refractivity contribution is 5.99. The molecule has 0 unspecified atom stereocenters. The Labute approximate surface area is 170 Å². The minimum atomic E-state index is -0.0747. The Balaban J connectivity index is 1.42. The van der Waals surface area contributed by atoms with Crippen LogP contribution in [0.2, 0.25) is 0 Å². The standard InChI is InChI=1S/C23H24N4O2/c1-25(15-19-14-24-26(17-19)16-18-7-3-2-4-8-18)23(29)20-9-5-10-21(13-20)27-12-6-11-22(27)28/h2-5,7-10,13-14,17H,6,11-12,15-16H2,1H3. The lowest BCUT2D eigenvalue weighted by atomic mass is 10.1. The lowest BCUT2D eigenvalue weighted by molar-refractivity contribution is -0.117. The first-order valence-electron chi connectivity index (χ1n) is 9.81. The minimum Gasteiger partial charge on any atom is -0.337 e. The zero-order valence-electron chi connectivity index (χ0n) is 16.5. The zero-order chi connectivity index (χ0) is 20.2. The Morgan fingerprint density at radius 1 is 1.10 bits per heavy atom. The van der Waals surface area contributed by atoms with Gasteiger partial charge < -0.3 is 9.80 Å². The molecule has 148 valence electrons. The average Bonchev–Trinajstić information content (AvgIpc) is 3.37. The molecule has 3 aromatic rings. The van der Waals surface area contributed by atoms with E-state index in [0.717, 1.165) is 17.7 Å². The number of benzene rings is 2. The quantitative estimate of drug-likeness (QED) is 0.651. The molecule has 1 aliphatic rings. The van der Waals surface area contributed by atoms with Gasteiger partial charge in [-0.1, -0.05) is 36.4 Å². The molecule has 1 fully saturated rings. The molecule has 29 heavy (non-hydrogen) atoms. The highest BCUT2D eigenvalue weighted by Gasteiger charge is 2.23. The van der Waals surface area contributed by atoms with Crippen LogP contribution in [0.4, 0.5) is 5.69 Å². The van der Waals surface area contributed by atoms with E-state index in [4.69, 9.17) is 0 Å². The third-order valence-electron chi connectivity index (χ3n) is 5.12. The molecule has 6 heteroatoms. The number of hydrogen-bond donors (Lipinski definition) is 0. The molecule has 1 saturated heterocycles. The van der Waals surface area contributed by atoms with E-state index in [1.807, 2.05) is 41.2 Å². The summed E-state index contributed by atoms with van der Waals surface area (Å²) in [6.45, 7) is 1.89. The summed E-state index contributed by atoms with van der Waals surface area (Å²) in [5.74, 6) is 0.0445. The third kappa shape index (κ3) is 4.37. The van der Waals surface area contributed by atoms with Gasteiger partial charge in [-0.2, -0.15) is 5.10 Å². The van der Waals surface area contributed by atoms with E-state index in [0.29, 0.717) is 31.6 Å². The number of aromatic nitrogens is 2. The average molecular weight is 388 g/mol. The molecule has 0 atom stereocenters. The normalized spacial score (nSPS) is 13.7. The van der Waals surface area contributed by atoms with Crippen LogP contribution < -0.4 is 4.90 Å². The van der Waals surface area contributed by atoms with Crippen molar-refractivity contribution in [1.29, 1.82) is 0 Å². The van der Waals surface area contributed by atoms with Crippen LogP contribution in [-0.2, 0) is 17.9 Å². The fourth-order valence-electron chi connectivity index (χ4n) is 3.64. The van der Waals surface area contributed by atoms with E-state index < -0.39 is 0 Å². The molecule has 4 rings (SSSR count). The first-order chi connectivity index (χ1) is 14.1. The van der Waals surface area contributed by atoms with Crippen molar-refractivity contribution < 1.29 is 9.59 Å². The number of nitrogens with zero attached hydrogens (tertiary/aromatic N) is 4.